The first-order valence-electron chi connectivity index (χ1n) is 4.26. The summed E-state index contributed by atoms with van der Waals surface area (Å²) in [6, 6.07) is 1.96. The van der Waals surface area contributed by atoms with E-state index in [1.54, 1.807) is 10.9 Å². The minimum absolute atomic E-state index is 0.340. The second kappa shape index (κ2) is 3.44. The Kier molecular flexibility index (Phi) is 2.13. The van der Waals surface area contributed by atoms with Crippen molar-refractivity contribution in [1.82, 2.24) is 30.0 Å². The molecule has 2 heterocycles. The maximum Gasteiger partial charge on any atom is 0.240 e. The maximum atomic E-state index is 5.52. The van der Waals surface area contributed by atoms with Crippen LogP contribution in [0.4, 0.5) is 5.95 Å². The van der Waals surface area contributed by atoms with Crippen LogP contribution in [0.1, 0.15) is 5.69 Å². The van der Waals surface area contributed by atoms with Crippen LogP contribution >= 0.6 is 0 Å². The van der Waals surface area contributed by atoms with Gasteiger partial charge < -0.3 is 5.73 Å². The van der Waals surface area contributed by atoms with Gasteiger partial charge in [0.1, 0.15) is 0 Å². The molecule has 2 aromatic rings. The lowest BCUT2D eigenvalue weighted by Gasteiger charge is -2.01. The van der Waals surface area contributed by atoms with Gasteiger partial charge in [-0.2, -0.15) is 5.10 Å². The molecule has 7 heteroatoms. The SMILES string of the molecule is Cn1nccc1CCn1nnnc1N. The van der Waals surface area contributed by atoms with E-state index < -0.39 is 0 Å². The number of aromatic nitrogens is 6. The van der Waals surface area contributed by atoms with Gasteiger partial charge in [-0.3, -0.25) is 4.68 Å². The van der Waals surface area contributed by atoms with Crippen molar-refractivity contribution < 1.29 is 0 Å². The number of rotatable bonds is 3. The molecular weight excluding hydrogens is 182 g/mol. The van der Waals surface area contributed by atoms with Gasteiger partial charge in [0.05, 0.1) is 6.54 Å². The zero-order valence-electron chi connectivity index (χ0n) is 7.83. The Morgan fingerprint density at radius 2 is 2.36 bits per heavy atom. The number of nitrogen functional groups attached to an aromatic ring is 1. The summed E-state index contributed by atoms with van der Waals surface area (Å²) in [5.74, 6) is 0.340. The molecule has 0 aliphatic carbocycles. The van der Waals surface area contributed by atoms with Gasteiger partial charge in [0, 0.05) is 25.4 Å². The molecular formula is C7H11N7. The summed E-state index contributed by atoms with van der Waals surface area (Å²) in [5.41, 5.74) is 6.65. The fraction of sp³-hybridized carbons (Fsp3) is 0.429. The second-order valence-electron chi connectivity index (χ2n) is 2.96. The molecule has 7 nitrogen and oxygen atoms in total. The molecule has 0 atom stereocenters. The Bertz CT molecular complexity index is 375. The lowest BCUT2D eigenvalue weighted by molar-refractivity contribution is 0.573. The molecule has 0 bridgehead atoms. The number of aryl methyl sites for hydroxylation is 3. The predicted octanol–water partition coefficient (Wildman–Crippen LogP) is -0.769. The summed E-state index contributed by atoms with van der Waals surface area (Å²) >= 11 is 0. The van der Waals surface area contributed by atoms with Crippen LogP contribution in [0.3, 0.4) is 0 Å². The van der Waals surface area contributed by atoms with Crippen LogP contribution in [0.15, 0.2) is 12.3 Å². The van der Waals surface area contributed by atoms with Crippen molar-refractivity contribution in [2.45, 2.75) is 13.0 Å². The third kappa shape index (κ3) is 1.56. The van der Waals surface area contributed by atoms with Crippen LogP contribution in [0.5, 0.6) is 0 Å². The second-order valence-corrected chi connectivity index (χ2v) is 2.96. The normalized spacial score (nSPS) is 10.6. The van der Waals surface area contributed by atoms with Crippen molar-refractivity contribution >= 4 is 5.95 Å². The highest BCUT2D eigenvalue weighted by Gasteiger charge is 2.03. The van der Waals surface area contributed by atoms with Crippen LogP contribution < -0.4 is 5.73 Å². The van der Waals surface area contributed by atoms with Gasteiger partial charge in [0.25, 0.3) is 0 Å². The molecule has 0 saturated heterocycles. The zero-order chi connectivity index (χ0) is 9.97. The Morgan fingerprint density at radius 3 is 2.93 bits per heavy atom. The van der Waals surface area contributed by atoms with E-state index in [0.717, 1.165) is 12.1 Å². The molecule has 2 N–H and O–H groups in total. The van der Waals surface area contributed by atoms with E-state index in [-0.39, 0.29) is 0 Å². The number of nitrogens with two attached hydrogens (primary N) is 1. The van der Waals surface area contributed by atoms with Crippen LogP contribution in [0.25, 0.3) is 0 Å². The highest BCUT2D eigenvalue weighted by molar-refractivity contribution is 5.10. The number of hydrogen-bond donors (Lipinski definition) is 1. The summed E-state index contributed by atoms with van der Waals surface area (Å²) < 4.78 is 3.38. The average molecular weight is 193 g/mol. The first-order valence-corrected chi connectivity index (χ1v) is 4.26. The van der Waals surface area contributed by atoms with Gasteiger partial charge in [-0.05, 0) is 16.5 Å². The van der Waals surface area contributed by atoms with Crippen molar-refractivity contribution in [3.63, 3.8) is 0 Å². The maximum absolute atomic E-state index is 5.52. The molecule has 0 fully saturated rings. The molecule has 2 aromatic heterocycles. The van der Waals surface area contributed by atoms with Crippen molar-refractivity contribution in [2.75, 3.05) is 5.73 Å². The molecule has 0 aliphatic heterocycles. The van der Waals surface area contributed by atoms with Crippen molar-refractivity contribution in [1.29, 1.82) is 0 Å². The van der Waals surface area contributed by atoms with Gasteiger partial charge in [-0.1, -0.05) is 5.10 Å². The van der Waals surface area contributed by atoms with Crippen molar-refractivity contribution in [3.8, 4) is 0 Å². The smallest absolute Gasteiger partial charge is 0.240 e. The molecule has 14 heavy (non-hydrogen) atoms. The van der Waals surface area contributed by atoms with E-state index in [9.17, 15) is 0 Å². The molecule has 0 saturated carbocycles. The third-order valence-corrected chi connectivity index (χ3v) is 2.06. The van der Waals surface area contributed by atoms with Gasteiger partial charge in [0.2, 0.25) is 5.95 Å². The largest absolute Gasteiger partial charge is 0.367 e. The number of tetrazole rings is 1. The van der Waals surface area contributed by atoms with Crippen LogP contribution in [0, 0.1) is 0 Å². The van der Waals surface area contributed by atoms with E-state index in [0.29, 0.717) is 12.5 Å². The third-order valence-electron chi connectivity index (χ3n) is 2.06. The number of nitrogens with zero attached hydrogens (tertiary/aromatic N) is 6. The van der Waals surface area contributed by atoms with E-state index in [1.165, 1.54) is 0 Å². The Balaban J connectivity index is 2.02. The highest BCUT2D eigenvalue weighted by atomic mass is 15.6. The summed E-state index contributed by atoms with van der Waals surface area (Å²) in [6.45, 7) is 0.665. The quantitative estimate of drug-likeness (QED) is 0.691. The lowest BCUT2D eigenvalue weighted by atomic mass is 10.3. The van der Waals surface area contributed by atoms with Gasteiger partial charge >= 0.3 is 0 Å². The van der Waals surface area contributed by atoms with Crippen LogP contribution in [0.2, 0.25) is 0 Å². The van der Waals surface area contributed by atoms with Crippen molar-refractivity contribution in [2.24, 2.45) is 7.05 Å². The predicted molar refractivity (Wildman–Crippen MR) is 49.1 cm³/mol. The summed E-state index contributed by atoms with van der Waals surface area (Å²) in [6.07, 6.45) is 2.57. The summed E-state index contributed by atoms with van der Waals surface area (Å²) in [7, 11) is 1.90. The first kappa shape index (κ1) is 8.67. The first-order chi connectivity index (χ1) is 6.77. The minimum atomic E-state index is 0.340. The standard InChI is InChI=1S/C7H11N7/c1-13-6(2-4-9-13)3-5-14-7(8)10-11-12-14/h2,4H,3,5H2,1H3,(H2,8,10,12). The molecule has 0 aromatic carbocycles. The van der Waals surface area contributed by atoms with E-state index in [4.69, 9.17) is 5.73 Å². The van der Waals surface area contributed by atoms with E-state index in [2.05, 4.69) is 20.6 Å². The van der Waals surface area contributed by atoms with Crippen LogP contribution in [-0.4, -0.2) is 30.0 Å². The Labute approximate surface area is 80.5 Å². The zero-order valence-corrected chi connectivity index (χ0v) is 7.83. The van der Waals surface area contributed by atoms with Gasteiger partial charge in [-0.25, -0.2) is 4.68 Å². The summed E-state index contributed by atoms with van der Waals surface area (Å²) in [4.78, 5) is 0. The van der Waals surface area contributed by atoms with Crippen LogP contribution in [-0.2, 0) is 20.0 Å². The molecule has 0 spiro atoms. The molecule has 0 amide bonds. The van der Waals surface area contributed by atoms with E-state index in [1.807, 2.05) is 17.8 Å². The van der Waals surface area contributed by atoms with Gasteiger partial charge in [-0.15, -0.1) is 0 Å². The Morgan fingerprint density at radius 1 is 1.50 bits per heavy atom. The van der Waals surface area contributed by atoms with Gasteiger partial charge in [0.15, 0.2) is 0 Å². The average Bonchev–Trinajstić information content (AvgIpc) is 2.72. The molecule has 0 unspecified atom stereocenters. The number of hydrogen-bond acceptors (Lipinski definition) is 5. The molecule has 0 aliphatic rings. The fourth-order valence-electron chi connectivity index (χ4n) is 1.24. The number of anilines is 1. The van der Waals surface area contributed by atoms with Crippen molar-refractivity contribution in [3.05, 3.63) is 18.0 Å². The minimum Gasteiger partial charge on any atom is -0.367 e. The molecule has 2 rings (SSSR count). The molecule has 74 valence electrons. The monoisotopic (exact) mass is 193 g/mol. The molecule has 0 radical (unpaired) electrons. The Hall–Kier alpha value is -1.92. The topological polar surface area (TPSA) is 87.4 Å². The summed E-state index contributed by atoms with van der Waals surface area (Å²) in [5, 5.41) is 14.9. The fourth-order valence-corrected chi connectivity index (χ4v) is 1.24. The highest BCUT2D eigenvalue weighted by Crippen LogP contribution is 2.01. The lowest BCUT2D eigenvalue weighted by Crippen LogP contribution is -2.09. The van der Waals surface area contributed by atoms with E-state index >= 15 is 0 Å².